The lowest BCUT2D eigenvalue weighted by Gasteiger charge is -2.15. The zero-order chi connectivity index (χ0) is 11.2. The predicted octanol–water partition coefficient (Wildman–Crippen LogP) is 3.83. The molecule has 0 radical (unpaired) electrons. The minimum atomic E-state index is 0.518. The summed E-state index contributed by atoms with van der Waals surface area (Å²) in [6, 6.07) is 10.1. The lowest BCUT2D eigenvalue weighted by atomic mass is 9.92. The fourth-order valence-electron chi connectivity index (χ4n) is 1.91. The minimum absolute atomic E-state index is 0.518. The van der Waals surface area contributed by atoms with Gasteiger partial charge in [-0.2, -0.15) is 5.10 Å². The van der Waals surface area contributed by atoms with Crippen LogP contribution in [-0.2, 0) is 0 Å². The van der Waals surface area contributed by atoms with Crippen molar-refractivity contribution in [2.75, 3.05) is 5.43 Å². The van der Waals surface area contributed by atoms with Gasteiger partial charge in [-0.3, -0.25) is 5.43 Å². The van der Waals surface area contributed by atoms with Gasteiger partial charge in [0, 0.05) is 11.6 Å². The molecule has 84 valence electrons. The molecule has 1 unspecified atom stereocenters. The van der Waals surface area contributed by atoms with E-state index in [1.54, 1.807) is 0 Å². The van der Waals surface area contributed by atoms with E-state index in [1.807, 2.05) is 30.3 Å². The molecule has 1 aromatic carbocycles. The van der Waals surface area contributed by atoms with Crippen molar-refractivity contribution in [2.45, 2.75) is 26.2 Å². The van der Waals surface area contributed by atoms with Crippen molar-refractivity contribution in [2.24, 2.45) is 11.0 Å². The van der Waals surface area contributed by atoms with Crippen LogP contribution in [0, 0.1) is 5.92 Å². The third-order valence-electron chi connectivity index (χ3n) is 2.93. The SMILES string of the molecule is C/C(=N\Nc1ccccc1)C1C=CCCC1. The second-order valence-electron chi connectivity index (χ2n) is 4.20. The number of para-hydroxylation sites is 1. The van der Waals surface area contributed by atoms with Crippen LogP contribution in [0.4, 0.5) is 5.69 Å². The van der Waals surface area contributed by atoms with Gasteiger partial charge in [-0.1, -0.05) is 30.4 Å². The molecule has 1 N–H and O–H groups in total. The van der Waals surface area contributed by atoms with E-state index in [0.29, 0.717) is 5.92 Å². The van der Waals surface area contributed by atoms with Crippen LogP contribution < -0.4 is 5.43 Å². The molecular weight excluding hydrogens is 196 g/mol. The van der Waals surface area contributed by atoms with Crippen molar-refractivity contribution >= 4 is 11.4 Å². The quantitative estimate of drug-likeness (QED) is 0.461. The van der Waals surface area contributed by atoms with Crippen molar-refractivity contribution < 1.29 is 0 Å². The highest BCUT2D eigenvalue weighted by Crippen LogP contribution is 2.18. The summed E-state index contributed by atoms with van der Waals surface area (Å²) < 4.78 is 0. The van der Waals surface area contributed by atoms with Crippen molar-refractivity contribution in [3.05, 3.63) is 42.5 Å². The zero-order valence-electron chi connectivity index (χ0n) is 9.69. The summed E-state index contributed by atoms with van der Waals surface area (Å²) in [6.45, 7) is 2.09. The predicted molar refractivity (Wildman–Crippen MR) is 69.7 cm³/mol. The van der Waals surface area contributed by atoms with Crippen LogP contribution in [0.1, 0.15) is 26.2 Å². The second-order valence-corrected chi connectivity index (χ2v) is 4.20. The Morgan fingerprint density at radius 3 is 2.81 bits per heavy atom. The van der Waals surface area contributed by atoms with Gasteiger partial charge in [0.15, 0.2) is 0 Å². The van der Waals surface area contributed by atoms with Crippen LogP contribution in [0.2, 0.25) is 0 Å². The fraction of sp³-hybridized carbons (Fsp3) is 0.357. The highest BCUT2D eigenvalue weighted by atomic mass is 15.3. The van der Waals surface area contributed by atoms with Gasteiger partial charge >= 0.3 is 0 Å². The monoisotopic (exact) mass is 214 g/mol. The van der Waals surface area contributed by atoms with Crippen molar-refractivity contribution in [1.82, 2.24) is 0 Å². The highest BCUT2D eigenvalue weighted by Gasteiger charge is 2.11. The number of benzene rings is 1. The van der Waals surface area contributed by atoms with Gasteiger partial charge in [-0.05, 0) is 38.3 Å². The van der Waals surface area contributed by atoms with E-state index in [0.717, 1.165) is 5.69 Å². The molecule has 0 bridgehead atoms. The number of allylic oxidation sites excluding steroid dienone is 2. The second kappa shape index (κ2) is 5.50. The number of nitrogens with one attached hydrogen (secondary N) is 1. The van der Waals surface area contributed by atoms with E-state index in [1.165, 1.54) is 25.0 Å². The van der Waals surface area contributed by atoms with E-state index < -0.39 is 0 Å². The Morgan fingerprint density at radius 1 is 1.31 bits per heavy atom. The molecule has 0 spiro atoms. The summed E-state index contributed by atoms with van der Waals surface area (Å²) >= 11 is 0. The van der Waals surface area contributed by atoms with E-state index in [9.17, 15) is 0 Å². The van der Waals surface area contributed by atoms with Crippen molar-refractivity contribution in [3.8, 4) is 0 Å². The van der Waals surface area contributed by atoms with E-state index in [2.05, 4.69) is 29.6 Å². The Labute approximate surface area is 97.1 Å². The molecular formula is C14H18N2. The lowest BCUT2D eigenvalue weighted by molar-refractivity contribution is 0.653. The van der Waals surface area contributed by atoms with E-state index >= 15 is 0 Å². The molecule has 1 aliphatic carbocycles. The molecule has 0 amide bonds. The maximum absolute atomic E-state index is 4.43. The maximum Gasteiger partial charge on any atom is 0.0561 e. The Balaban J connectivity index is 1.96. The zero-order valence-corrected chi connectivity index (χ0v) is 9.69. The summed E-state index contributed by atoms with van der Waals surface area (Å²) in [4.78, 5) is 0. The van der Waals surface area contributed by atoms with Crippen molar-refractivity contribution in [1.29, 1.82) is 0 Å². The smallest absolute Gasteiger partial charge is 0.0561 e. The summed E-state index contributed by atoms with van der Waals surface area (Å²) in [5, 5.41) is 4.43. The Bertz CT molecular complexity index is 379. The number of nitrogens with zero attached hydrogens (tertiary/aromatic N) is 1. The van der Waals surface area contributed by atoms with Gasteiger partial charge in [-0.25, -0.2) is 0 Å². The molecule has 2 rings (SSSR count). The largest absolute Gasteiger partial charge is 0.279 e. The number of rotatable bonds is 3. The highest BCUT2D eigenvalue weighted by molar-refractivity contribution is 5.86. The topological polar surface area (TPSA) is 24.4 Å². The van der Waals surface area contributed by atoms with Gasteiger partial charge in [0.1, 0.15) is 0 Å². The van der Waals surface area contributed by atoms with Crippen LogP contribution >= 0.6 is 0 Å². The Morgan fingerprint density at radius 2 is 2.12 bits per heavy atom. The average molecular weight is 214 g/mol. The van der Waals surface area contributed by atoms with Crippen LogP contribution in [0.5, 0.6) is 0 Å². The van der Waals surface area contributed by atoms with Gasteiger partial charge in [0.2, 0.25) is 0 Å². The molecule has 2 nitrogen and oxygen atoms in total. The number of hydrogen-bond acceptors (Lipinski definition) is 2. The Hall–Kier alpha value is -1.57. The normalized spacial score (nSPS) is 20.8. The van der Waals surface area contributed by atoms with Gasteiger partial charge in [0.25, 0.3) is 0 Å². The molecule has 0 fully saturated rings. The molecule has 0 aliphatic heterocycles. The maximum atomic E-state index is 4.43. The molecule has 0 aromatic heterocycles. The van der Waals surface area contributed by atoms with Gasteiger partial charge < -0.3 is 0 Å². The first-order valence-corrected chi connectivity index (χ1v) is 5.88. The minimum Gasteiger partial charge on any atom is -0.279 e. The van der Waals surface area contributed by atoms with Gasteiger partial charge in [0.05, 0.1) is 5.69 Å². The summed E-state index contributed by atoms with van der Waals surface area (Å²) in [6.07, 6.45) is 8.25. The average Bonchev–Trinajstić information content (AvgIpc) is 2.38. The number of hydrogen-bond donors (Lipinski definition) is 1. The molecule has 0 saturated carbocycles. The summed E-state index contributed by atoms with van der Waals surface area (Å²) in [5.74, 6) is 0.518. The van der Waals surface area contributed by atoms with Crippen LogP contribution in [0.15, 0.2) is 47.6 Å². The Kier molecular flexibility index (Phi) is 3.76. The summed E-state index contributed by atoms with van der Waals surface area (Å²) in [7, 11) is 0. The molecule has 16 heavy (non-hydrogen) atoms. The van der Waals surface area contributed by atoms with Crippen LogP contribution in [-0.4, -0.2) is 5.71 Å². The lowest BCUT2D eigenvalue weighted by Crippen LogP contribution is -2.12. The first-order valence-electron chi connectivity index (χ1n) is 5.88. The molecule has 0 saturated heterocycles. The fourth-order valence-corrected chi connectivity index (χ4v) is 1.91. The first-order chi connectivity index (χ1) is 7.86. The molecule has 2 heteroatoms. The third kappa shape index (κ3) is 2.96. The third-order valence-corrected chi connectivity index (χ3v) is 2.93. The van der Waals surface area contributed by atoms with E-state index in [4.69, 9.17) is 0 Å². The first kappa shape index (κ1) is 10.9. The standard InChI is InChI=1S/C14H18N2/c1-12(13-8-4-2-5-9-13)15-16-14-10-6-3-7-11-14/h3-4,6-8,10-11,13,16H,2,5,9H2,1H3/b15-12+. The van der Waals surface area contributed by atoms with Crippen LogP contribution in [0.3, 0.4) is 0 Å². The van der Waals surface area contributed by atoms with E-state index in [-0.39, 0.29) is 0 Å². The van der Waals surface area contributed by atoms with Crippen molar-refractivity contribution in [3.63, 3.8) is 0 Å². The molecule has 1 aliphatic rings. The summed E-state index contributed by atoms with van der Waals surface area (Å²) in [5.41, 5.74) is 5.31. The molecule has 1 aromatic rings. The van der Waals surface area contributed by atoms with Crippen LogP contribution in [0.25, 0.3) is 0 Å². The molecule has 0 heterocycles. The van der Waals surface area contributed by atoms with Gasteiger partial charge in [-0.15, -0.1) is 0 Å². The number of anilines is 1. The number of hydrazone groups is 1. The molecule has 1 atom stereocenters.